The van der Waals surface area contributed by atoms with Crippen molar-refractivity contribution in [2.75, 3.05) is 12.8 Å². The second-order valence-electron chi connectivity index (χ2n) is 4.71. The molecule has 3 rings (SSSR count). The number of aryl methyl sites for hydroxylation is 1. The summed E-state index contributed by atoms with van der Waals surface area (Å²) in [6, 6.07) is 0. The van der Waals surface area contributed by atoms with Gasteiger partial charge in [-0.05, 0) is 30.4 Å². The van der Waals surface area contributed by atoms with E-state index in [1.165, 1.54) is 0 Å². The van der Waals surface area contributed by atoms with Crippen LogP contribution in [0.15, 0.2) is 6.20 Å². The minimum Gasteiger partial charge on any atom is -0.494 e. The van der Waals surface area contributed by atoms with Crippen molar-refractivity contribution in [1.82, 2.24) is 9.97 Å². The molecular weight excluding hydrogens is 321 g/mol. The molecule has 1 heterocycles. The van der Waals surface area contributed by atoms with Crippen LogP contribution < -0.4 is 10.5 Å². The van der Waals surface area contributed by atoms with E-state index in [9.17, 15) is 0 Å². The molecule has 7 heteroatoms. The monoisotopic (exact) mass is 331 g/mol. The summed E-state index contributed by atoms with van der Waals surface area (Å²) < 4.78 is 3.76. The highest BCUT2D eigenvalue weighted by Gasteiger charge is 2.29. The zero-order valence-electron chi connectivity index (χ0n) is 10.7. The summed E-state index contributed by atoms with van der Waals surface area (Å²) in [7, 11) is 1.58. The van der Waals surface area contributed by atoms with Gasteiger partial charge in [0.15, 0.2) is 11.6 Å². The number of fused-ring (bicyclic) bond motifs is 3. The number of alkyl halides is 3. The summed E-state index contributed by atoms with van der Waals surface area (Å²) in [5.74, 6) is 0.757. The smallest absolute Gasteiger partial charge is 0.250 e. The number of anilines is 1. The van der Waals surface area contributed by atoms with E-state index in [2.05, 4.69) is 9.97 Å². The Balaban J connectivity index is 2.38. The fourth-order valence-corrected chi connectivity index (χ4v) is 2.99. The quantitative estimate of drug-likeness (QED) is 0.641. The summed E-state index contributed by atoms with van der Waals surface area (Å²) in [6.45, 7) is 0. The molecule has 0 fully saturated rings. The van der Waals surface area contributed by atoms with Crippen molar-refractivity contribution in [2.24, 2.45) is 0 Å². The number of hydrogen-bond donors (Lipinski definition) is 1. The highest BCUT2D eigenvalue weighted by molar-refractivity contribution is 6.66. The lowest BCUT2D eigenvalue weighted by Gasteiger charge is -2.16. The van der Waals surface area contributed by atoms with E-state index >= 15 is 0 Å². The Morgan fingerprint density at radius 2 is 1.95 bits per heavy atom. The lowest BCUT2D eigenvalue weighted by Crippen LogP contribution is -2.09. The van der Waals surface area contributed by atoms with Crippen molar-refractivity contribution in [2.45, 2.75) is 23.1 Å². The van der Waals surface area contributed by atoms with Crippen molar-refractivity contribution >= 4 is 51.4 Å². The van der Waals surface area contributed by atoms with Gasteiger partial charge in [0.2, 0.25) is 3.79 Å². The van der Waals surface area contributed by atoms with E-state index in [0.29, 0.717) is 11.4 Å². The number of hydrogen-bond acceptors (Lipinski definition) is 4. The van der Waals surface area contributed by atoms with Gasteiger partial charge in [-0.3, -0.25) is 0 Å². The summed E-state index contributed by atoms with van der Waals surface area (Å²) in [4.78, 5) is 8.54. The largest absolute Gasteiger partial charge is 0.494 e. The molecule has 0 bridgehead atoms. The summed E-state index contributed by atoms with van der Waals surface area (Å²) in [5.41, 5.74) is 9.80. The standard InChI is InChI=1S/C13H12Cl3N3O/c1-20-11-8-5-18-12(13(14,15)16)19-10(8)7-4-2-3-6(7)9(11)17/h5H,2-4,17H2,1H3. The number of halogens is 3. The second-order valence-corrected chi connectivity index (χ2v) is 6.99. The third kappa shape index (κ3) is 2.07. The average molecular weight is 333 g/mol. The van der Waals surface area contributed by atoms with Crippen LogP contribution in [0.2, 0.25) is 0 Å². The van der Waals surface area contributed by atoms with Crippen LogP contribution in [0.25, 0.3) is 10.9 Å². The van der Waals surface area contributed by atoms with Gasteiger partial charge in [0.25, 0.3) is 0 Å². The van der Waals surface area contributed by atoms with Gasteiger partial charge in [-0.1, -0.05) is 34.8 Å². The first-order valence-corrected chi connectivity index (χ1v) is 7.28. The Labute approximate surface area is 131 Å². The Morgan fingerprint density at radius 3 is 2.60 bits per heavy atom. The number of nitrogens with two attached hydrogens (primary N) is 1. The minimum absolute atomic E-state index is 0.163. The van der Waals surface area contributed by atoms with E-state index in [4.69, 9.17) is 45.3 Å². The van der Waals surface area contributed by atoms with Crippen LogP contribution in [0.5, 0.6) is 5.75 Å². The molecule has 0 unspecified atom stereocenters. The van der Waals surface area contributed by atoms with Gasteiger partial charge >= 0.3 is 0 Å². The Kier molecular flexibility index (Phi) is 3.35. The lowest BCUT2D eigenvalue weighted by atomic mass is 10.0. The third-order valence-electron chi connectivity index (χ3n) is 3.56. The number of rotatable bonds is 1. The number of nitrogens with zero attached hydrogens (tertiary/aromatic N) is 2. The van der Waals surface area contributed by atoms with Crippen LogP contribution in [0.4, 0.5) is 5.69 Å². The maximum atomic E-state index is 6.18. The van der Waals surface area contributed by atoms with Crippen LogP contribution in [0, 0.1) is 0 Å². The SMILES string of the molecule is COc1c(N)c2c(c3nc(C(Cl)(Cl)Cl)ncc13)CCC2. The third-order valence-corrected chi connectivity index (χ3v) is 4.07. The molecule has 0 radical (unpaired) electrons. The fourth-order valence-electron chi connectivity index (χ4n) is 2.72. The molecule has 2 N–H and O–H groups in total. The topological polar surface area (TPSA) is 61.0 Å². The van der Waals surface area contributed by atoms with E-state index < -0.39 is 3.79 Å². The first-order valence-electron chi connectivity index (χ1n) is 6.14. The fraction of sp³-hybridized carbons (Fsp3) is 0.385. The summed E-state index contributed by atoms with van der Waals surface area (Å²) >= 11 is 17.6. The van der Waals surface area contributed by atoms with Crippen molar-refractivity contribution < 1.29 is 4.74 Å². The summed E-state index contributed by atoms with van der Waals surface area (Å²) in [5, 5.41) is 0.753. The summed E-state index contributed by atoms with van der Waals surface area (Å²) in [6.07, 6.45) is 4.47. The van der Waals surface area contributed by atoms with Gasteiger partial charge in [-0.2, -0.15) is 0 Å². The number of nitrogen functional groups attached to an aromatic ring is 1. The molecule has 20 heavy (non-hydrogen) atoms. The molecule has 1 aliphatic rings. The molecule has 0 saturated carbocycles. The van der Waals surface area contributed by atoms with Crippen LogP contribution in [0.1, 0.15) is 23.4 Å². The van der Waals surface area contributed by atoms with E-state index in [1.54, 1.807) is 13.3 Å². The normalized spacial score (nSPS) is 14.6. The molecule has 1 aromatic carbocycles. The van der Waals surface area contributed by atoms with Crippen LogP contribution in [-0.2, 0) is 16.6 Å². The van der Waals surface area contributed by atoms with Crippen molar-refractivity contribution in [1.29, 1.82) is 0 Å². The Bertz CT molecular complexity index is 698. The highest BCUT2D eigenvalue weighted by atomic mass is 35.6. The second kappa shape index (κ2) is 4.79. The minimum atomic E-state index is -1.64. The average Bonchev–Trinajstić information content (AvgIpc) is 2.87. The predicted octanol–water partition coefficient (Wildman–Crippen LogP) is 3.54. The molecule has 4 nitrogen and oxygen atoms in total. The van der Waals surface area contributed by atoms with Crippen molar-refractivity contribution in [3.8, 4) is 5.75 Å². The zero-order chi connectivity index (χ0) is 14.5. The van der Waals surface area contributed by atoms with Crippen LogP contribution >= 0.6 is 34.8 Å². The Hall–Kier alpha value is -0.970. The molecule has 0 saturated heterocycles. The molecule has 0 spiro atoms. The number of ether oxygens (including phenoxy) is 1. The number of methoxy groups -OCH3 is 1. The van der Waals surface area contributed by atoms with Crippen LogP contribution in [0.3, 0.4) is 0 Å². The van der Waals surface area contributed by atoms with Gasteiger partial charge in [0.05, 0.1) is 23.7 Å². The molecule has 0 amide bonds. The van der Waals surface area contributed by atoms with E-state index in [-0.39, 0.29) is 5.82 Å². The van der Waals surface area contributed by atoms with Gasteiger partial charge < -0.3 is 10.5 Å². The first-order chi connectivity index (χ1) is 9.43. The van der Waals surface area contributed by atoms with Crippen molar-refractivity contribution in [3.05, 3.63) is 23.1 Å². The van der Waals surface area contributed by atoms with Gasteiger partial charge in [-0.15, -0.1) is 0 Å². The predicted molar refractivity (Wildman–Crippen MR) is 81.8 cm³/mol. The van der Waals surface area contributed by atoms with Gasteiger partial charge in [-0.25, -0.2) is 9.97 Å². The van der Waals surface area contributed by atoms with E-state index in [0.717, 1.165) is 41.3 Å². The number of aromatic nitrogens is 2. The lowest BCUT2D eigenvalue weighted by molar-refractivity contribution is 0.421. The maximum absolute atomic E-state index is 6.18. The maximum Gasteiger partial charge on any atom is 0.250 e. The molecule has 0 atom stereocenters. The molecule has 1 aliphatic carbocycles. The number of benzene rings is 1. The van der Waals surface area contributed by atoms with Gasteiger partial charge in [0, 0.05) is 6.20 Å². The molecular formula is C13H12Cl3N3O. The zero-order valence-corrected chi connectivity index (χ0v) is 13.0. The van der Waals surface area contributed by atoms with Gasteiger partial charge in [0.1, 0.15) is 0 Å². The Morgan fingerprint density at radius 1 is 1.25 bits per heavy atom. The molecule has 2 aromatic rings. The van der Waals surface area contributed by atoms with Crippen LogP contribution in [-0.4, -0.2) is 17.1 Å². The van der Waals surface area contributed by atoms with Crippen molar-refractivity contribution in [3.63, 3.8) is 0 Å². The molecule has 0 aliphatic heterocycles. The molecule has 106 valence electrons. The van der Waals surface area contributed by atoms with E-state index in [1.807, 2.05) is 0 Å². The highest BCUT2D eigenvalue weighted by Crippen LogP contribution is 2.43. The molecule has 1 aromatic heterocycles. The first kappa shape index (κ1) is 14.0.